The molecule has 0 radical (unpaired) electrons. The van der Waals surface area contributed by atoms with Gasteiger partial charge in [-0.25, -0.2) is 4.39 Å². The molecule has 2 nitrogen and oxygen atoms in total. The summed E-state index contributed by atoms with van der Waals surface area (Å²) in [7, 11) is 0. The van der Waals surface area contributed by atoms with Crippen LogP contribution in [-0.2, 0) is 11.2 Å². The van der Waals surface area contributed by atoms with Crippen molar-refractivity contribution < 1.29 is 14.2 Å². The summed E-state index contributed by atoms with van der Waals surface area (Å²) in [6, 6.07) is 6.36. The van der Waals surface area contributed by atoms with E-state index < -0.39 is 11.7 Å². The molecule has 1 atom stereocenters. The largest absolute Gasteiger partial charge is 0.390 e. The molecule has 1 aliphatic carbocycles. The molecule has 0 amide bonds. The quantitative estimate of drug-likeness (QED) is 0.884. The summed E-state index contributed by atoms with van der Waals surface area (Å²) < 4.78 is 18.8. The van der Waals surface area contributed by atoms with Crippen molar-refractivity contribution in [3.05, 3.63) is 35.6 Å². The Bertz CT molecular complexity index is 377. The second-order valence-electron chi connectivity index (χ2n) is 5.40. The molecule has 1 fully saturated rings. The van der Waals surface area contributed by atoms with Gasteiger partial charge in [0.25, 0.3) is 0 Å². The van der Waals surface area contributed by atoms with Crippen LogP contribution in [0, 0.1) is 5.82 Å². The smallest absolute Gasteiger partial charge is 0.123 e. The van der Waals surface area contributed by atoms with E-state index in [1.807, 2.05) is 6.92 Å². The number of benzene rings is 1. The molecule has 1 N–H and O–H groups in total. The normalized spacial score (nSPS) is 20.2. The number of ether oxygens (including phenoxy) is 1. The minimum atomic E-state index is -0.516. The van der Waals surface area contributed by atoms with Gasteiger partial charge in [0, 0.05) is 13.0 Å². The van der Waals surface area contributed by atoms with Gasteiger partial charge in [-0.05, 0) is 37.5 Å². The van der Waals surface area contributed by atoms with Crippen LogP contribution in [0.3, 0.4) is 0 Å². The summed E-state index contributed by atoms with van der Waals surface area (Å²) in [6.07, 6.45) is 5.30. The predicted molar refractivity (Wildman–Crippen MR) is 73.6 cm³/mol. The maximum atomic E-state index is 12.9. The van der Waals surface area contributed by atoms with Crippen molar-refractivity contribution in [3.8, 4) is 0 Å². The van der Waals surface area contributed by atoms with Crippen molar-refractivity contribution in [2.45, 2.75) is 57.2 Å². The number of hydrogen-bond donors (Lipinski definition) is 1. The molecular weight excluding hydrogens is 243 g/mol. The lowest BCUT2D eigenvalue weighted by molar-refractivity contribution is -0.138. The van der Waals surface area contributed by atoms with Gasteiger partial charge in [0.2, 0.25) is 0 Å². The lowest BCUT2D eigenvalue weighted by atomic mass is 9.78. The summed E-state index contributed by atoms with van der Waals surface area (Å²) in [5.74, 6) is -0.240. The van der Waals surface area contributed by atoms with Crippen LogP contribution in [0.2, 0.25) is 0 Å². The monoisotopic (exact) mass is 266 g/mol. The molecule has 106 valence electrons. The van der Waals surface area contributed by atoms with Crippen molar-refractivity contribution >= 4 is 0 Å². The number of hydrogen-bond acceptors (Lipinski definition) is 2. The first kappa shape index (κ1) is 14.5. The van der Waals surface area contributed by atoms with E-state index in [1.165, 1.54) is 18.6 Å². The molecule has 0 bridgehead atoms. The van der Waals surface area contributed by atoms with Crippen LogP contribution in [-0.4, -0.2) is 23.4 Å². The molecule has 0 heterocycles. The summed E-state index contributed by atoms with van der Waals surface area (Å²) in [4.78, 5) is 0. The van der Waals surface area contributed by atoms with Crippen LogP contribution in [0.25, 0.3) is 0 Å². The highest BCUT2D eigenvalue weighted by Crippen LogP contribution is 2.35. The third-order valence-corrected chi connectivity index (χ3v) is 4.08. The Morgan fingerprint density at radius 3 is 2.42 bits per heavy atom. The van der Waals surface area contributed by atoms with E-state index in [0.29, 0.717) is 13.0 Å². The average Bonchev–Trinajstić information content (AvgIpc) is 2.43. The molecule has 0 aromatic heterocycles. The highest BCUT2D eigenvalue weighted by atomic mass is 19.1. The fourth-order valence-electron chi connectivity index (χ4n) is 3.04. The molecule has 2 rings (SSSR count). The van der Waals surface area contributed by atoms with E-state index in [9.17, 15) is 9.50 Å². The van der Waals surface area contributed by atoms with Gasteiger partial charge in [0.05, 0.1) is 11.7 Å². The highest BCUT2D eigenvalue weighted by Gasteiger charge is 2.39. The lowest BCUT2D eigenvalue weighted by Crippen LogP contribution is -2.47. The third kappa shape index (κ3) is 3.54. The Labute approximate surface area is 114 Å². The van der Waals surface area contributed by atoms with Crippen LogP contribution in [0.15, 0.2) is 24.3 Å². The number of aliphatic hydroxyl groups excluding tert-OH is 1. The van der Waals surface area contributed by atoms with Gasteiger partial charge in [0.15, 0.2) is 0 Å². The molecule has 3 heteroatoms. The Morgan fingerprint density at radius 1 is 1.21 bits per heavy atom. The van der Waals surface area contributed by atoms with Crippen molar-refractivity contribution in [3.63, 3.8) is 0 Å². The van der Waals surface area contributed by atoms with E-state index in [0.717, 1.165) is 31.2 Å². The lowest BCUT2D eigenvalue weighted by Gasteiger charge is -2.41. The highest BCUT2D eigenvalue weighted by molar-refractivity contribution is 5.17. The molecule has 0 saturated heterocycles. The van der Waals surface area contributed by atoms with Crippen molar-refractivity contribution in [2.24, 2.45) is 0 Å². The standard InChI is InChI=1S/C16H23FO2/c1-2-19-16(10-4-3-5-11-16)15(18)12-13-6-8-14(17)9-7-13/h6-9,15,18H,2-5,10-12H2,1H3. The first-order valence-electron chi connectivity index (χ1n) is 7.23. The zero-order valence-electron chi connectivity index (χ0n) is 11.6. The van der Waals surface area contributed by atoms with Crippen molar-refractivity contribution in [1.29, 1.82) is 0 Å². The predicted octanol–water partition coefficient (Wildman–Crippen LogP) is 3.47. The van der Waals surface area contributed by atoms with Crippen LogP contribution >= 0.6 is 0 Å². The molecule has 0 aliphatic heterocycles. The first-order valence-corrected chi connectivity index (χ1v) is 7.23. The van der Waals surface area contributed by atoms with Crippen LogP contribution < -0.4 is 0 Å². The van der Waals surface area contributed by atoms with Gasteiger partial charge in [-0.1, -0.05) is 31.4 Å². The zero-order chi connectivity index (χ0) is 13.7. The minimum absolute atomic E-state index is 0.240. The number of rotatable bonds is 5. The van der Waals surface area contributed by atoms with Gasteiger partial charge < -0.3 is 9.84 Å². The number of aliphatic hydroxyl groups is 1. The van der Waals surface area contributed by atoms with E-state index >= 15 is 0 Å². The maximum Gasteiger partial charge on any atom is 0.123 e. The topological polar surface area (TPSA) is 29.5 Å². The molecule has 19 heavy (non-hydrogen) atoms. The second-order valence-corrected chi connectivity index (χ2v) is 5.40. The van der Waals surface area contributed by atoms with E-state index in [-0.39, 0.29) is 5.82 Å². The third-order valence-electron chi connectivity index (χ3n) is 4.08. The van der Waals surface area contributed by atoms with Crippen molar-refractivity contribution in [2.75, 3.05) is 6.61 Å². The Kier molecular flexibility index (Phi) is 4.94. The van der Waals surface area contributed by atoms with Gasteiger partial charge in [0.1, 0.15) is 5.82 Å². The van der Waals surface area contributed by atoms with E-state index in [4.69, 9.17) is 4.74 Å². The SMILES string of the molecule is CCOC1(C(O)Cc2ccc(F)cc2)CCCCC1. The Morgan fingerprint density at radius 2 is 1.84 bits per heavy atom. The molecule has 1 aliphatic rings. The van der Waals surface area contributed by atoms with Crippen LogP contribution in [0.1, 0.15) is 44.6 Å². The van der Waals surface area contributed by atoms with Crippen molar-refractivity contribution in [1.82, 2.24) is 0 Å². The second kappa shape index (κ2) is 6.49. The molecule has 1 aromatic rings. The fourth-order valence-corrected chi connectivity index (χ4v) is 3.04. The Hall–Kier alpha value is -0.930. The summed E-state index contributed by atoms with van der Waals surface area (Å²) in [5, 5.41) is 10.6. The average molecular weight is 266 g/mol. The van der Waals surface area contributed by atoms with Gasteiger partial charge in [-0.3, -0.25) is 0 Å². The van der Waals surface area contributed by atoms with E-state index in [1.54, 1.807) is 12.1 Å². The van der Waals surface area contributed by atoms with Crippen LogP contribution in [0.5, 0.6) is 0 Å². The molecule has 1 unspecified atom stereocenters. The van der Waals surface area contributed by atoms with E-state index in [2.05, 4.69) is 0 Å². The van der Waals surface area contributed by atoms with Gasteiger partial charge >= 0.3 is 0 Å². The number of halogens is 1. The van der Waals surface area contributed by atoms with Gasteiger partial charge in [-0.15, -0.1) is 0 Å². The molecule has 0 spiro atoms. The first-order chi connectivity index (χ1) is 9.16. The minimum Gasteiger partial charge on any atom is -0.390 e. The summed E-state index contributed by atoms with van der Waals surface area (Å²) >= 11 is 0. The van der Waals surface area contributed by atoms with Crippen LogP contribution in [0.4, 0.5) is 4.39 Å². The zero-order valence-corrected chi connectivity index (χ0v) is 11.6. The summed E-state index contributed by atoms with van der Waals surface area (Å²) in [6.45, 7) is 2.60. The Balaban J connectivity index is 2.06. The van der Waals surface area contributed by atoms with Gasteiger partial charge in [-0.2, -0.15) is 0 Å². The fraction of sp³-hybridized carbons (Fsp3) is 0.625. The molecule has 1 aromatic carbocycles. The molecular formula is C16H23FO2. The summed E-state index contributed by atoms with van der Waals surface area (Å²) in [5.41, 5.74) is 0.556. The molecule has 1 saturated carbocycles. The maximum absolute atomic E-state index is 12.9.